The summed E-state index contributed by atoms with van der Waals surface area (Å²) >= 11 is 18.5. The van der Waals surface area contributed by atoms with Crippen LogP contribution in [0.25, 0.3) is 0 Å². The molecule has 0 amide bonds. The lowest BCUT2D eigenvalue weighted by molar-refractivity contribution is -0.0754. The van der Waals surface area contributed by atoms with Crippen molar-refractivity contribution >= 4 is 34.8 Å². The van der Waals surface area contributed by atoms with E-state index in [1.54, 1.807) is 12.1 Å². The predicted octanol–water partition coefficient (Wildman–Crippen LogP) is 5.09. The molecule has 0 bridgehead atoms. The lowest BCUT2D eigenvalue weighted by Crippen LogP contribution is -2.24. The van der Waals surface area contributed by atoms with Crippen molar-refractivity contribution in [3.8, 4) is 11.5 Å². The Morgan fingerprint density at radius 2 is 1.62 bits per heavy atom. The number of hydrogen-bond donors (Lipinski definition) is 1. The second-order valence-electron chi connectivity index (χ2n) is 5.72. The summed E-state index contributed by atoms with van der Waals surface area (Å²) < 4.78 is 15.9. The Hall–Kier alpha value is -1.17. The topological polar surface area (TPSA) is 47.9 Å². The number of phenolic OH excluding ortho intramolecular Hbond substituents is 1. The molecule has 0 saturated heterocycles. The first-order valence-corrected chi connectivity index (χ1v) is 9.37. The average Bonchev–Trinajstić information content (AvgIpc) is 2.63. The van der Waals surface area contributed by atoms with Crippen LogP contribution in [0, 0.1) is 0 Å². The Kier molecular flexibility index (Phi) is 8.82. The van der Waals surface area contributed by atoms with E-state index in [-0.39, 0.29) is 31.1 Å². The fraction of sp³-hybridized carbons (Fsp3) is 0.368. The summed E-state index contributed by atoms with van der Waals surface area (Å²) in [5.74, 6) is 0.937. The van der Waals surface area contributed by atoms with Crippen LogP contribution in [0.15, 0.2) is 36.4 Å². The lowest BCUT2D eigenvalue weighted by atomic mass is 10.0. The van der Waals surface area contributed by atoms with Gasteiger partial charge in [-0.15, -0.1) is 11.6 Å². The molecule has 0 aliphatic carbocycles. The number of alkyl halides is 1. The average molecular weight is 420 g/mol. The zero-order chi connectivity index (χ0) is 18.9. The van der Waals surface area contributed by atoms with E-state index in [9.17, 15) is 5.11 Å². The Balaban J connectivity index is 1.97. The van der Waals surface area contributed by atoms with Crippen LogP contribution in [0.5, 0.6) is 11.5 Å². The minimum atomic E-state index is -0.321. The molecule has 0 aliphatic rings. The van der Waals surface area contributed by atoms with Gasteiger partial charge in [-0.1, -0.05) is 35.3 Å². The molecule has 0 heterocycles. The van der Waals surface area contributed by atoms with E-state index >= 15 is 0 Å². The maximum absolute atomic E-state index is 9.33. The number of halogens is 3. The molecule has 142 valence electrons. The van der Waals surface area contributed by atoms with Gasteiger partial charge in [0.05, 0.1) is 15.9 Å². The van der Waals surface area contributed by atoms with E-state index in [1.807, 2.05) is 24.3 Å². The molecule has 1 atom stereocenters. The van der Waals surface area contributed by atoms with Crippen molar-refractivity contribution in [2.45, 2.75) is 18.9 Å². The highest BCUT2D eigenvalue weighted by Crippen LogP contribution is 2.35. The van der Waals surface area contributed by atoms with Crippen molar-refractivity contribution in [2.75, 3.05) is 26.4 Å². The van der Waals surface area contributed by atoms with Gasteiger partial charge >= 0.3 is 0 Å². The molecule has 0 aromatic heterocycles. The van der Waals surface area contributed by atoms with E-state index in [0.717, 1.165) is 24.0 Å². The largest absolute Gasteiger partial charge is 0.508 e. The van der Waals surface area contributed by atoms with E-state index in [0.29, 0.717) is 15.8 Å². The highest BCUT2D eigenvalue weighted by atomic mass is 35.5. The van der Waals surface area contributed by atoms with Crippen molar-refractivity contribution in [1.82, 2.24) is 0 Å². The third kappa shape index (κ3) is 6.53. The molecular formula is C19H21Cl3O4. The van der Waals surface area contributed by atoms with Crippen LogP contribution in [0.3, 0.4) is 0 Å². The minimum absolute atomic E-state index is 0.137. The van der Waals surface area contributed by atoms with E-state index in [4.69, 9.17) is 49.0 Å². The molecule has 1 N–H and O–H groups in total. The van der Waals surface area contributed by atoms with Crippen molar-refractivity contribution in [2.24, 2.45) is 0 Å². The number of ether oxygens (including phenoxy) is 3. The number of methoxy groups -OCH3 is 1. The van der Waals surface area contributed by atoms with E-state index < -0.39 is 0 Å². The van der Waals surface area contributed by atoms with Gasteiger partial charge in [0.1, 0.15) is 25.3 Å². The second-order valence-corrected chi connectivity index (χ2v) is 6.84. The standard InChI is InChI=1S/C19H21Cl3O4/c1-24-12-26-16(10-20)11-25-19-17(21)8-14(9-18(19)22)3-2-13-4-6-15(23)7-5-13/h4-9,16,23H,2-3,10-12H2,1H3. The molecule has 0 aliphatic heterocycles. The number of aromatic hydroxyl groups is 1. The van der Waals surface area contributed by atoms with Crippen molar-refractivity contribution in [3.05, 3.63) is 57.6 Å². The van der Waals surface area contributed by atoms with Crippen LogP contribution in [0.2, 0.25) is 10.0 Å². The molecule has 26 heavy (non-hydrogen) atoms. The van der Waals surface area contributed by atoms with Gasteiger partial charge in [0.2, 0.25) is 0 Å². The van der Waals surface area contributed by atoms with E-state index in [1.165, 1.54) is 7.11 Å². The lowest BCUT2D eigenvalue weighted by Gasteiger charge is -2.17. The molecule has 0 spiro atoms. The quantitative estimate of drug-likeness (QED) is 0.430. The van der Waals surface area contributed by atoms with Gasteiger partial charge in [0.15, 0.2) is 5.75 Å². The van der Waals surface area contributed by atoms with Crippen molar-refractivity contribution < 1.29 is 19.3 Å². The normalized spacial score (nSPS) is 12.2. The monoisotopic (exact) mass is 418 g/mol. The summed E-state index contributed by atoms with van der Waals surface area (Å²) in [7, 11) is 1.54. The van der Waals surface area contributed by atoms with Gasteiger partial charge in [-0.2, -0.15) is 0 Å². The molecule has 7 heteroatoms. The van der Waals surface area contributed by atoms with Crippen molar-refractivity contribution in [1.29, 1.82) is 0 Å². The summed E-state index contributed by atoms with van der Waals surface area (Å²) in [5.41, 5.74) is 2.13. The number of aryl methyl sites for hydroxylation is 2. The zero-order valence-electron chi connectivity index (χ0n) is 14.4. The number of rotatable bonds is 10. The number of hydrogen-bond acceptors (Lipinski definition) is 4. The Bertz CT molecular complexity index is 669. The van der Waals surface area contributed by atoms with Crippen molar-refractivity contribution in [3.63, 3.8) is 0 Å². The zero-order valence-corrected chi connectivity index (χ0v) is 16.7. The first-order chi connectivity index (χ1) is 12.5. The van der Waals surface area contributed by atoms with Gasteiger partial charge in [0.25, 0.3) is 0 Å². The van der Waals surface area contributed by atoms with Gasteiger partial charge in [-0.25, -0.2) is 0 Å². The molecule has 2 aromatic rings. The molecule has 0 saturated carbocycles. The first kappa shape index (κ1) is 21.1. The van der Waals surface area contributed by atoms with Crippen LogP contribution in [0.4, 0.5) is 0 Å². The Morgan fingerprint density at radius 1 is 1.00 bits per heavy atom. The van der Waals surface area contributed by atoms with Crippen LogP contribution >= 0.6 is 34.8 Å². The fourth-order valence-electron chi connectivity index (χ4n) is 2.32. The highest BCUT2D eigenvalue weighted by Gasteiger charge is 2.14. The van der Waals surface area contributed by atoms with Gasteiger partial charge in [-0.3, -0.25) is 0 Å². The molecule has 0 radical (unpaired) electrons. The Morgan fingerprint density at radius 3 is 2.19 bits per heavy atom. The molecule has 4 nitrogen and oxygen atoms in total. The van der Waals surface area contributed by atoms with Crippen LogP contribution in [-0.4, -0.2) is 37.6 Å². The minimum Gasteiger partial charge on any atom is -0.508 e. The molecule has 0 fully saturated rings. The van der Waals surface area contributed by atoms with E-state index in [2.05, 4.69) is 0 Å². The van der Waals surface area contributed by atoms with Crippen LogP contribution in [-0.2, 0) is 22.3 Å². The van der Waals surface area contributed by atoms with Gasteiger partial charge < -0.3 is 19.3 Å². The molecule has 2 rings (SSSR count). The van der Waals surface area contributed by atoms with Gasteiger partial charge in [-0.05, 0) is 48.2 Å². The summed E-state index contributed by atoms with van der Waals surface area (Å²) in [6, 6.07) is 10.8. The smallest absolute Gasteiger partial charge is 0.156 e. The third-order valence-electron chi connectivity index (χ3n) is 3.70. The summed E-state index contributed by atoms with van der Waals surface area (Å²) in [6.07, 6.45) is 1.26. The number of benzene rings is 2. The summed E-state index contributed by atoms with van der Waals surface area (Å²) in [6.45, 7) is 0.359. The van der Waals surface area contributed by atoms with Crippen LogP contribution < -0.4 is 4.74 Å². The highest BCUT2D eigenvalue weighted by molar-refractivity contribution is 6.37. The first-order valence-electron chi connectivity index (χ1n) is 8.08. The molecule has 2 aromatic carbocycles. The molecular weight excluding hydrogens is 399 g/mol. The third-order valence-corrected chi connectivity index (χ3v) is 4.61. The second kappa shape index (κ2) is 10.9. The predicted molar refractivity (Wildman–Crippen MR) is 105 cm³/mol. The summed E-state index contributed by atoms with van der Waals surface area (Å²) in [4.78, 5) is 0. The summed E-state index contributed by atoms with van der Waals surface area (Å²) in [5, 5.41) is 10.2. The number of phenols is 1. The molecule has 1 unspecified atom stereocenters. The SMILES string of the molecule is COCOC(CCl)COc1c(Cl)cc(CCc2ccc(O)cc2)cc1Cl. The maximum Gasteiger partial charge on any atom is 0.156 e. The fourth-order valence-corrected chi connectivity index (χ4v) is 3.14. The Labute approximate surface area is 168 Å². The van der Waals surface area contributed by atoms with Crippen LogP contribution in [0.1, 0.15) is 11.1 Å². The maximum atomic E-state index is 9.33. The van der Waals surface area contributed by atoms with Gasteiger partial charge in [0, 0.05) is 7.11 Å².